The van der Waals surface area contributed by atoms with Crippen LogP contribution >= 0.6 is 11.6 Å². The van der Waals surface area contributed by atoms with Gasteiger partial charge < -0.3 is 20.1 Å². The number of aryl methyl sites for hydroxylation is 2. The maximum atomic E-state index is 13.0. The van der Waals surface area contributed by atoms with Crippen molar-refractivity contribution >= 4 is 40.9 Å². The zero-order valence-electron chi connectivity index (χ0n) is 21.1. The van der Waals surface area contributed by atoms with Crippen LogP contribution in [0.5, 0.6) is 11.5 Å². The Morgan fingerprint density at radius 1 is 1.08 bits per heavy atom. The average molecular weight is 558 g/mol. The summed E-state index contributed by atoms with van der Waals surface area (Å²) >= 11 is 6.34. The first-order chi connectivity index (χ1) is 18.4. The maximum absolute atomic E-state index is 13.0. The number of nitrogens with zero attached hydrogens (tertiary/aromatic N) is 1. The van der Waals surface area contributed by atoms with Gasteiger partial charge in [-0.1, -0.05) is 29.8 Å². The number of methoxy groups -OCH3 is 1. The van der Waals surface area contributed by atoms with Crippen LogP contribution in [0, 0.1) is 25.2 Å². The number of ether oxygens (including phenoxy) is 2. The molecule has 0 unspecified atom stereocenters. The highest BCUT2D eigenvalue weighted by Crippen LogP contribution is 2.37. The molecule has 0 heterocycles. The lowest BCUT2D eigenvalue weighted by Gasteiger charge is -2.14. The zero-order valence-corrected chi connectivity index (χ0v) is 21.8. The van der Waals surface area contributed by atoms with Gasteiger partial charge in [-0.2, -0.15) is 18.4 Å². The fourth-order valence-electron chi connectivity index (χ4n) is 3.44. The van der Waals surface area contributed by atoms with Gasteiger partial charge in [0.25, 0.3) is 11.8 Å². The van der Waals surface area contributed by atoms with Gasteiger partial charge in [-0.05, 0) is 73.0 Å². The number of hydrogen-bond donors (Lipinski definition) is 2. The molecular weight excluding hydrogens is 535 g/mol. The molecule has 3 aromatic carbocycles. The monoisotopic (exact) mass is 557 g/mol. The number of benzene rings is 3. The molecule has 3 rings (SSSR count). The van der Waals surface area contributed by atoms with Gasteiger partial charge >= 0.3 is 6.18 Å². The topological polar surface area (TPSA) is 100 Å². The predicted molar refractivity (Wildman–Crippen MR) is 142 cm³/mol. The lowest BCUT2D eigenvalue weighted by atomic mass is 10.1. The number of nitriles is 1. The van der Waals surface area contributed by atoms with Crippen molar-refractivity contribution in [3.05, 3.63) is 87.4 Å². The zero-order chi connectivity index (χ0) is 28.7. The molecule has 0 aromatic heterocycles. The minimum atomic E-state index is -4.59. The van der Waals surface area contributed by atoms with E-state index in [1.807, 2.05) is 32.0 Å². The Bertz CT molecular complexity index is 1480. The lowest BCUT2D eigenvalue weighted by molar-refractivity contribution is -0.137. The number of carbonyl (C=O) groups is 2. The molecule has 2 amide bonds. The summed E-state index contributed by atoms with van der Waals surface area (Å²) in [5.74, 6) is -1.15. The van der Waals surface area contributed by atoms with Crippen LogP contribution in [0.1, 0.15) is 22.3 Å². The van der Waals surface area contributed by atoms with E-state index in [-0.39, 0.29) is 34.4 Å². The first-order valence-electron chi connectivity index (χ1n) is 11.4. The van der Waals surface area contributed by atoms with Crippen LogP contribution < -0.4 is 20.1 Å². The normalized spacial score (nSPS) is 11.4. The highest BCUT2D eigenvalue weighted by Gasteiger charge is 2.30. The van der Waals surface area contributed by atoms with Gasteiger partial charge in [0.15, 0.2) is 18.1 Å². The number of carbonyl (C=O) groups excluding carboxylic acids is 2. The highest BCUT2D eigenvalue weighted by atomic mass is 35.5. The second kappa shape index (κ2) is 12.4. The van der Waals surface area contributed by atoms with Crippen LogP contribution in [0.4, 0.5) is 24.5 Å². The minimum absolute atomic E-state index is 0.0377. The Morgan fingerprint density at radius 3 is 2.49 bits per heavy atom. The Kier molecular flexibility index (Phi) is 9.22. The summed E-state index contributed by atoms with van der Waals surface area (Å²) in [6.07, 6.45) is -3.40. The summed E-state index contributed by atoms with van der Waals surface area (Å²) in [5, 5.41) is 14.6. The molecule has 0 aliphatic heterocycles. The van der Waals surface area contributed by atoms with E-state index in [9.17, 15) is 28.0 Å². The molecule has 0 atom stereocenters. The van der Waals surface area contributed by atoms with Crippen molar-refractivity contribution in [3.8, 4) is 17.6 Å². The van der Waals surface area contributed by atoms with Gasteiger partial charge in [0.2, 0.25) is 0 Å². The highest BCUT2D eigenvalue weighted by molar-refractivity contribution is 6.32. The molecule has 11 heteroatoms. The first kappa shape index (κ1) is 29.1. The molecule has 202 valence electrons. The van der Waals surface area contributed by atoms with Gasteiger partial charge in [-0.25, -0.2) is 0 Å². The standard InChI is InChI=1S/C28H23ClF3N3O4/c1-16-7-8-17(2)23(9-16)35-25(36)15-39-26-22(29)11-18(12-24(26)38-3)10-19(14-33)27(37)34-21-6-4-5-20(13-21)28(30,31)32/h4-13H,15H2,1-3H3,(H,34,37)(H,35,36)/b19-10+. The third kappa shape index (κ3) is 7.75. The van der Waals surface area contributed by atoms with E-state index in [1.165, 1.54) is 31.4 Å². The fraction of sp³-hybridized carbons (Fsp3) is 0.179. The predicted octanol–water partition coefficient (Wildman–Crippen LogP) is 6.55. The van der Waals surface area contributed by atoms with Crippen LogP contribution in [-0.2, 0) is 15.8 Å². The van der Waals surface area contributed by atoms with Crippen LogP contribution in [0.25, 0.3) is 6.08 Å². The van der Waals surface area contributed by atoms with Gasteiger partial charge in [0.05, 0.1) is 17.7 Å². The Morgan fingerprint density at radius 2 is 1.82 bits per heavy atom. The molecule has 0 spiro atoms. The molecule has 0 aliphatic rings. The second-order valence-corrected chi connectivity index (χ2v) is 8.80. The minimum Gasteiger partial charge on any atom is -0.493 e. The number of rotatable bonds is 8. The van der Waals surface area contributed by atoms with Crippen molar-refractivity contribution in [2.75, 3.05) is 24.4 Å². The van der Waals surface area contributed by atoms with Crippen molar-refractivity contribution < 1.29 is 32.2 Å². The molecule has 0 radical (unpaired) electrons. The molecule has 0 saturated carbocycles. The number of amides is 2. The third-order valence-electron chi connectivity index (χ3n) is 5.39. The summed E-state index contributed by atoms with van der Waals surface area (Å²) < 4.78 is 49.8. The van der Waals surface area contributed by atoms with Gasteiger partial charge in [-0.3, -0.25) is 9.59 Å². The van der Waals surface area contributed by atoms with Crippen LogP contribution in [-0.4, -0.2) is 25.5 Å². The quantitative estimate of drug-likeness (QED) is 0.242. The summed E-state index contributed by atoms with van der Waals surface area (Å²) in [5.41, 5.74) is 1.31. The first-order valence-corrected chi connectivity index (χ1v) is 11.8. The second-order valence-electron chi connectivity index (χ2n) is 8.39. The Balaban J connectivity index is 1.76. The number of nitrogens with one attached hydrogen (secondary N) is 2. The molecule has 0 saturated heterocycles. The third-order valence-corrected chi connectivity index (χ3v) is 5.67. The molecule has 0 bridgehead atoms. The molecular formula is C28H23ClF3N3O4. The summed E-state index contributed by atoms with van der Waals surface area (Å²) in [6.45, 7) is 3.39. The Hall–Kier alpha value is -4.49. The van der Waals surface area contributed by atoms with Crippen LogP contribution in [0.15, 0.2) is 60.2 Å². The number of alkyl halides is 3. The maximum Gasteiger partial charge on any atom is 0.416 e. The van der Waals surface area contributed by atoms with Crippen molar-refractivity contribution in [2.24, 2.45) is 0 Å². The molecule has 39 heavy (non-hydrogen) atoms. The Labute approximate surface area is 227 Å². The molecule has 0 aliphatic carbocycles. The number of halogens is 4. The van der Waals surface area contributed by atoms with E-state index < -0.39 is 29.1 Å². The average Bonchev–Trinajstić information content (AvgIpc) is 2.88. The molecule has 0 fully saturated rings. The summed E-state index contributed by atoms with van der Waals surface area (Å²) in [4.78, 5) is 25.0. The van der Waals surface area contributed by atoms with E-state index in [0.717, 1.165) is 29.3 Å². The largest absolute Gasteiger partial charge is 0.493 e. The van der Waals surface area contributed by atoms with E-state index >= 15 is 0 Å². The smallest absolute Gasteiger partial charge is 0.416 e. The van der Waals surface area contributed by atoms with E-state index in [0.29, 0.717) is 5.69 Å². The van der Waals surface area contributed by atoms with Gasteiger partial charge in [0, 0.05) is 11.4 Å². The van der Waals surface area contributed by atoms with Crippen LogP contribution in [0.3, 0.4) is 0 Å². The SMILES string of the molecule is COc1cc(/C=C(\C#N)C(=O)Nc2cccc(C(F)(F)F)c2)cc(Cl)c1OCC(=O)Nc1cc(C)ccc1C. The van der Waals surface area contributed by atoms with Crippen LogP contribution in [0.2, 0.25) is 5.02 Å². The van der Waals surface area contributed by atoms with E-state index in [1.54, 1.807) is 6.07 Å². The molecule has 2 N–H and O–H groups in total. The summed E-state index contributed by atoms with van der Waals surface area (Å²) in [6, 6.07) is 14.2. The molecule has 3 aromatic rings. The van der Waals surface area contributed by atoms with Crippen molar-refractivity contribution in [3.63, 3.8) is 0 Å². The van der Waals surface area contributed by atoms with E-state index in [4.69, 9.17) is 21.1 Å². The van der Waals surface area contributed by atoms with Crippen molar-refractivity contribution in [1.29, 1.82) is 5.26 Å². The number of anilines is 2. The summed E-state index contributed by atoms with van der Waals surface area (Å²) in [7, 11) is 1.34. The van der Waals surface area contributed by atoms with E-state index in [2.05, 4.69) is 10.6 Å². The van der Waals surface area contributed by atoms with Gasteiger partial charge in [0.1, 0.15) is 11.6 Å². The lowest BCUT2D eigenvalue weighted by Crippen LogP contribution is -2.21. The number of hydrogen-bond acceptors (Lipinski definition) is 5. The van der Waals surface area contributed by atoms with Crippen molar-refractivity contribution in [2.45, 2.75) is 20.0 Å². The van der Waals surface area contributed by atoms with Crippen molar-refractivity contribution in [1.82, 2.24) is 0 Å². The fourth-order valence-corrected chi connectivity index (χ4v) is 3.72. The van der Waals surface area contributed by atoms with Gasteiger partial charge in [-0.15, -0.1) is 0 Å². The molecule has 7 nitrogen and oxygen atoms in total.